The smallest absolute Gasteiger partial charge is 0.262 e. The lowest BCUT2D eigenvalue weighted by Crippen LogP contribution is -2.37. The minimum absolute atomic E-state index is 0.339. The van der Waals surface area contributed by atoms with Crippen molar-refractivity contribution in [1.29, 1.82) is 0 Å². The van der Waals surface area contributed by atoms with Gasteiger partial charge in [0.1, 0.15) is 6.54 Å². The van der Waals surface area contributed by atoms with Crippen LogP contribution in [0.25, 0.3) is 0 Å². The number of nitrogens with zero attached hydrogens (tertiary/aromatic N) is 1. The molecule has 0 radical (unpaired) electrons. The monoisotopic (exact) mass is 218 g/mol. The Morgan fingerprint density at radius 1 is 1.31 bits per heavy atom. The number of fused-ring (bicyclic) bond motifs is 1. The predicted molar refractivity (Wildman–Crippen MR) is 55.7 cm³/mol. The van der Waals surface area contributed by atoms with E-state index in [4.69, 9.17) is 5.73 Å². The van der Waals surface area contributed by atoms with Gasteiger partial charge in [0.15, 0.2) is 0 Å². The minimum Gasteiger partial charge on any atom is -0.368 e. The zero-order valence-electron chi connectivity index (χ0n) is 8.69. The third kappa shape index (κ3) is 1.37. The number of imide groups is 1. The molecule has 0 saturated carbocycles. The number of amides is 3. The van der Waals surface area contributed by atoms with Crippen LogP contribution in [0.2, 0.25) is 0 Å². The molecule has 2 N–H and O–H groups in total. The molecule has 1 aliphatic rings. The van der Waals surface area contributed by atoms with Crippen LogP contribution < -0.4 is 5.73 Å². The predicted octanol–water partition coefficient (Wildman–Crippen LogP) is 0.0763. The van der Waals surface area contributed by atoms with Crippen LogP contribution in [0, 0.1) is 6.92 Å². The summed E-state index contributed by atoms with van der Waals surface area (Å²) in [6.07, 6.45) is 0. The molecule has 1 aromatic rings. The van der Waals surface area contributed by atoms with Gasteiger partial charge in [-0.05, 0) is 18.6 Å². The summed E-state index contributed by atoms with van der Waals surface area (Å²) in [6.45, 7) is 1.38. The number of nitrogens with two attached hydrogens (primary N) is 1. The number of rotatable bonds is 2. The quantitative estimate of drug-likeness (QED) is 0.713. The highest BCUT2D eigenvalue weighted by Gasteiger charge is 2.36. The second-order valence-corrected chi connectivity index (χ2v) is 3.66. The third-order valence-corrected chi connectivity index (χ3v) is 2.52. The largest absolute Gasteiger partial charge is 0.368 e. The molecule has 0 saturated heterocycles. The molecule has 0 unspecified atom stereocenters. The van der Waals surface area contributed by atoms with E-state index in [1.165, 1.54) is 0 Å². The number of benzene rings is 1. The normalized spacial score (nSPS) is 14.2. The van der Waals surface area contributed by atoms with E-state index in [-0.39, 0.29) is 6.54 Å². The molecule has 5 heteroatoms. The highest BCUT2D eigenvalue weighted by molar-refractivity contribution is 6.22. The lowest BCUT2D eigenvalue weighted by atomic mass is 10.0. The molecule has 1 aromatic carbocycles. The van der Waals surface area contributed by atoms with Crippen LogP contribution in [0.5, 0.6) is 0 Å². The lowest BCUT2D eigenvalue weighted by molar-refractivity contribution is -0.118. The van der Waals surface area contributed by atoms with Gasteiger partial charge in [-0.15, -0.1) is 0 Å². The lowest BCUT2D eigenvalue weighted by Gasteiger charge is -2.10. The van der Waals surface area contributed by atoms with Crippen LogP contribution >= 0.6 is 0 Å². The second-order valence-electron chi connectivity index (χ2n) is 3.66. The molecule has 2 rings (SSSR count). The van der Waals surface area contributed by atoms with Crippen LogP contribution in [0.15, 0.2) is 18.2 Å². The number of primary amides is 1. The zero-order valence-corrected chi connectivity index (χ0v) is 8.69. The Balaban J connectivity index is 2.48. The van der Waals surface area contributed by atoms with Crippen molar-refractivity contribution in [2.45, 2.75) is 6.92 Å². The molecule has 0 aromatic heterocycles. The average Bonchev–Trinajstić information content (AvgIpc) is 2.44. The number of carbonyl (C=O) groups excluding carboxylic acids is 3. The fourth-order valence-electron chi connectivity index (χ4n) is 1.80. The van der Waals surface area contributed by atoms with E-state index in [9.17, 15) is 14.4 Å². The van der Waals surface area contributed by atoms with Crippen molar-refractivity contribution < 1.29 is 14.4 Å². The van der Waals surface area contributed by atoms with E-state index in [1.54, 1.807) is 25.1 Å². The standard InChI is InChI=1S/C11H10N2O3/c1-6-3-2-4-7-9(6)11(16)13(10(7)15)5-8(12)14/h2-4H,5H2,1H3,(H2,12,14). The number of carbonyl (C=O) groups is 3. The van der Waals surface area contributed by atoms with Gasteiger partial charge in [0.25, 0.3) is 11.8 Å². The summed E-state index contributed by atoms with van der Waals surface area (Å²) in [4.78, 5) is 35.3. The summed E-state index contributed by atoms with van der Waals surface area (Å²) in [6, 6.07) is 5.02. The Labute approximate surface area is 91.8 Å². The molecule has 16 heavy (non-hydrogen) atoms. The maximum absolute atomic E-state index is 11.9. The van der Waals surface area contributed by atoms with E-state index in [0.29, 0.717) is 11.1 Å². The first-order valence-corrected chi connectivity index (χ1v) is 4.76. The first kappa shape index (κ1) is 10.4. The number of aryl methyl sites for hydroxylation is 1. The summed E-state index contributed by atoms with van der Waals surface area (Å²) in [5.74, 6) is -1.61. The molecule has 82 valence electrons. The molecule has 1 heterocycles. The highest BCUT2D eigenvalue weighted by atomic mass is 16.2. The highest BCUT2D eigenvalue weighted by Crippen LogP contribution is 2.25. The van der Waals surface area contributed by atoms with Gasteiger partial charge in [-0.25, -0.2) is 0 Å². The molecule has 5 nitrogen and oxygen atoms in total. The zero-order chi connectivity index (χ0) is 11.9. The van der Waals surface area contributed by atoms with Crippen LogP contribution in [-0.4, -0.2) is 29.2 Å². The van der Waals surface area contributed by atoms with Crippen LogP contribution in [-0.2, 0) is 4.79 Å². The summed E-state index contributed by atoms with van der Waals surface area (Å²) < 4.78 is 0. The van der Waals surface area contributed by atoms with Crippen molar-refractivity contribution in [2.24, 2.45) is 5.73 Å². The van der Waals surface area contributed by atoms with E-state index in [0.717, 1.165) is 10.5 Å². The molecular weight excluding hydrogens is 208 g/mol. The van der Waals surface area contributed by atoms with Gasteiger partial charge in [0.2, 0.25) is 5.91 Å². The first-order chi connectivity index (χ1) is 7.52. The Kier molecular flexibility index (Phi) is 2.23. The van der Waals surface area contributed by atoms with E-state index < -0.39 is 17.7 Å². The maximum atomic E-state index is 11.9. The summed E-state index contributed by atoms with van der Waals surface area (Å²) in [5, 5.41) is 0. The topological polar surface area (TPSA) is 80.5 Å². The Morgan fingerprint density at radius 3 is 2.56 bits per heavy atom. The molecule has 3 amide bonds. The van der Waals surface area contributed by atoms with Crippen molar-refractivity contribution in [2.75, 3.05) is 6.54 Å². The Bertz CT molecular complexity index is 508. The molecule has 1 aliphatic heterocycles. The average molecular weight is 218 g/mol. The van der Waals surface area contributed by atoms with E-state index in [2.05, 4.69) is 0 Å². The van der Waals surface area contributed by atoms with Crippen molar-refractivity contribution >= 4 is 17.7 Å². The molecule has 0 fully saturated rings. The van der Waals surface area contributed by atoms with E-state index >= 15 is 0 Å². The third-order valence-electron chi connectivity index (χ3n) is 2.52. The van der Waals surface area contributed by atoms with Gasteiger partial charge < -0.3 is 5.73 Å². The van der Waals surface area contributed by atoms with Crippen molar-refractivity contribution in [1.82, 2.24) is 4.90 Å². The maximum Gasteiger partial charge on any atom is 0.262 e. The van der Waals surface area contributed by atoms with Gasteiger partial charge >= 0.3 is 0 Å². The van der Waals surface area contributed by atoms with Crippen LogP contribution in [0.3, 0.4) is 0 Å². The summed E-state index contributed by atoms with van der Waals surface area (Å²) in [5.41, 5.74) is 6.42. The Morgan fingerprint density at radius 2 is 2.00 bits per heavy atom. The molecule has 0 atom stereocenters. The fraction of sp³-hybridized carbons (Fsp3) is 0.182. The SMILES string of the molecule is Cc1cccc2c1C(=O)N(CC(N)=O)C2=O. The minimum atomic E-state index is -0.702. The van der Waals surface area contributed by atoms with Gasteiger partial charge in [0.05, 0.1) is 11.1 Å². The van der Waals surface area contributed by atoms with Crippen molar-refractivity contribution in [3.8, 4) is 0 Å². The second kappa shape index (κ2) is 3.44. The van der Waals surface area contributed by atoms with Gasteiger partial charge in [-0.1, -0.05) is 12.1 Å². The summed E-state index contributed by atoms with van der Waals surface area (Å²) in [7, 11) is 0. The van der Waals surface area contributed by atoms with Crippen molar-refractivity contribution in [3.63, 3.8) is 0 Å². The molecule has 0 spiro atoms. The number of hydrogen-bond acceptors (Lipinski definition) is 3. The van der Waals surface area contributed by atoms with Crippen molar-refractivity contribution in [3.05, 3.63) is 34.9 Å². The van der Waals surface area contributed by atoms with Crippen LogP contribution in [0.4, 0.5) is 0 Å². The molecular formula is C11H10N2O3. The Hall–Kier alpha value is -2.17. The van der Waals surface area contributed by atoms with E-state index in [1.807, 2.05) is 0 Å². The fourth-order valence-corrected chi connectivity index (χ4v) is 1.80. The van der Waals surface area contributed by atoms with Crippen LogP contribution in [0.1, 0.15) is 26.3 Å². The van der Waals surface area contributed by atoms with Gasteiger partial charge in [0, 0.05) is 0 Å². The van der Waals surface area contributed by atoms with Gasteiger partial charge in [-0.3, -0.25) is 19.3 Å². The first-order valence-electron chi connectivity index (χ1n) is 4.76. The molecule has 0 bridgehead atoms. The number of hydrogen-bond donors (Lipinski definition) is 1. The molecule has 0 aliphatic carbocycles. The summed E-state index contributed by atoms with van der Waals surface area (Å²) >= 11 is 0. The van der Waals surface area contributed by atoms with Gasteiger partial charge in [-0.2, -0.15) is 0 Å².